The number of aromatic nitrogens is 1. The summed E-state index contributed by atoms with van der Waals surface area (Å²) in [7, 11) is 0. The van der Waals surface area contributed by atoms with Crippen molar-refractivity contribution in [2.24, 2.45) is 0 Å². The molecule has 0 spiro atoms. The molecule has 5 nitrogen and oxygen atoms in total. The third-order valence-corrected chi connectivity index (χ3v) is 6.58. The zero-order chi connectivity index (χ0) is 24.2. The molecule has 0 saturated heterocycles. The fraction of sp³-hybridized carbons (Fsp3) is 0. The van der Waals surface area contributed by atoms with Gasteiger partial charge in [0.15, 0.2) is 0 Å². The molecule has 0 amide bonds. The lowest BCUT2D eigenvalue weighted by Crippen LogP contribution is -2.07. The van der Waals surface area contributed by atoms with Crippen molar-refractivity contribution >= 4 is 43.5 Å². The second-order valence-electron chi connectivity index (χ2n) is 8.70. The Morgan fingerprint density at radius 3 is 1.44 bits per heavy atom. The van der Waals surface area contributed by atoms with Gasteiger partial charge in [0.05, 0.1) is 22.5 Å². The molecule has 36 heavy (non-hydrogen) atoms. The Morgan fingerprint density at radius 2 is 0.944 bits per heavy atom. The van der Waals surface area contributed by atoms with E-state index in [0.717, 1.165) is 32.3 Å². The first-order valence-corrected chi connectivity index (χ1v) is 11.5. The Balaban J connectivity index is 1.44. The van der Waals surface area contributed by atoms with E-state index in [0.29, 0.717) is 33.7 Å². The van der Waals surface area contributed by atoms with Crippen molar-refractivity contribution in [3.63, 3.8) is 0 Å². The lowest BCUT2D eigenvalue weighted by Gasteiger charge is -2.08. The molecule has 0 aliphatic carbocycles. The summed E-state index contributed by atoms with van der Waals surface area (Å²) in [6.07, 6.45) is 0. The number of fused-ring (bicyclic) bond motifs is 6. The van der Waals surface area contributed by atoms with Crippen molar-refractivity contribution in [2.75, 3.05) is 0 Å². The minimum absolute atomic E-state index is 0.330. The summed E-state index contributed by atoms with van der Waals surface area (Å²) in [4.78, 5) is 30.5. The van der Waals surface area contributed by atoms with Crippen LogP contribution in [0, 0.1) is 0 Å². The summed E-state index contributed by atoms with van der Waals surface area (Å²) in [5.74, 6) is 0. The molecular formula is C31H17NO4. The van der Waals surface area contributed by atoms with Crippen LogP contribution in [0.15, 0.2) is 122 Å². The minimum atomic E-state index is -0.487. The molecule has 0 bridgehead atoms. The number of hydrogen-bond donors (Lipinski definition) is 0. The van der Waals surface area contributed by atoms with Gasteiger partial charge in [0.2, 0.25) is 0 Å². The lowest BCUT2D eigenvalue weighted by atomic mass is 10.0. The van der Waals surface area contributed by atoms with E-state index in [9.17, 15) is 9.59 Å². The largest absolute Gasteiger partial charge is 0.422 e. The molecule has 0 atom stereocenters. The van der Waals surface area contributed by atoms with Crippen LogP contribution >= 0.6 is 0 Å². The minimum Gasteiger partial charge on any atom is -0.422 e. The van der Waals surface area contributed by atoms with Crippen molar-refractivity contribution in [3.8, 4) is 22.5 Å². The zero-order valence-electron chi connectivity index (χ0n) is 18.9. The molecule has 0 N–H and O–H groups in total. The predicted octanol–water partition coefficient (Wildman–Crippen LogP) is 6.93. The van der Waals surface area contributed by atoms with Gasteiger partial charge in [-0.3, -0.25) is 0 Å². The molecule has 0 fully saturated rings. The topological polar surface area (TPSA) is 73.3 Å². The molecule has 7 aromatic rings. The summed E-state index contributed by atoms with van der Waals surface area (Å²) < 4.78 is 11.3. The Bertz CT molecular complexity index is 1960. The standard InChI is InChI=1S/C31H17NO4/c33-30-24(16-22-20-8-3-1-6-18(20)12-14-28(22)35-30)26-10-5-11-27(32-26)25-17-23-21-9-4-2-7-19(21)13-15-29(23)36-31(25)34/h1-17H. The van der Waals surface area contributed by atoms with Gasteiger partial charge in [-0.1, -0.05) is 66.7 Å². The molecular weight excluding hydrogens is 450 g/mol. The Hall–Kier alpha value is -5.03. The number of pyridine rings is 1. The average molecular weight is 467 g/mol. The smallest absolute Gasteiger partial charge is 0.345 e. The van der Waals surface area contributed by atoms with Gasteiger partial charge < -0.3 is 8.83 Å². The number of rotatable bonds is 2. The van der Waals surface area contributed by atoms with Crippen molar-refractivity contribution in [1.82, 2.24) is 4.98 Å². The highest BCUT2D eigenvalue weighted by molar-refractivity contribution is 6.07. The zero-order valence-corrected chi connectivity index (χ0v) is 18.9. The predicted molar refractivity (Wildman–Crippen MR) is 142 cm³/mol. The maximum atomic E-state index is 12.9. The molecule has 0 radical (unpaired) electrons. The maximum Gasteiger partial charge on any atom is 0.345 e. The van der Waals surface area contributed by atoms with E-state index in [1.54, 1.807) is 30.3 Å². The SMILES string of the molecule is O=c1oc2ccc3ccccc3c2cc1-c1cccc(-c2cc3c(ccc4ccccc43)oc2=O)n1. The van der Waals surface area contributed by atoms with Gasteiger partial charge in [-0.05, 0) is 57.9 Å². The molecule has 0 aliphatic heterocycles. The van der Waals surface area contributed by atoms with E-state index in [2.05, 4.69) is 4.98 Å². The molecule has 170 valence electrons. The van der Waals surface area contributed by atoms with Crippen LogP contribution in [0.1, 0.15) is 0 Å². The summed E-state index contributed by atoms with van der Waals surface area (Å²) in [5, 5.41) is 5.72. The summed E-state index contributed by atoms with van der Waals surface area (Å²) >= 11 is 0. The summed E-state index contributed by atoms with van der Waals surface area (Å²) in [5.41, 5.74) is 1.56. The quantitative estimate of drug-likeness (QED) is 0.203. The van der Waals surface area contributed by atoms with E-state index in [1.165, 1.54) is 0 Å². The molecule has 0 aliphatic rings. The number of nitrogens with zero attached hydrogens (tertiary/aromatic N) is 1. The van der Waals surface area contributed by atoms with Crippen molar-refractivity contribution in [3.05, 3.63) is 124 Å². The average Bonchev–Trinajstić information content (AvgIpc) is 2.92. The highest BCUT2D eigenvalue weighted by atomic mass is 16.4. The van der Waals surface area contributed by atoms with E-state index in [-0.39, 0.29) is 0 Å². The van der Waals surface area contributed by atoms with Crippen molar-refractivity contribution < 1.29 is 8.83 Å². The van der Waals surface area contributed by atoms with Crippen molar-refractivity contribution in [1.29, 1.82) is 0 Å². The Kier molecular flexibility index (Phi) is 4.38. The first-order valence-electron chi connectivity index (χ1n) is 11.5. The Morgan fingerprint density at radius 1 is 0.472 bits per heavy atom. The van der Waals surface area contributed by atoms with Crippen LogP contribution in [0.3, 0.4) is 0 Å². The van der Waals surface area contributed by atoms with Gasteiger partial charge in [0.1, 0.15) is 11.2 Å². The lowest BCUT2D eigenvalue weighted by molar-refractivity contribution is 0.563. The van der Waals surface area contributed by atoms with Gasteiger partial charge in [-0.15, -0.1) is 0 Å². The van der Waals surface area contributed by atoms with Crippen molar-refractivity contribution in [2.45, 2.75) is 0 Å². The Labute approximate surface area is 203 Å². The van der Waals surface area contributed by atoms with Gasteiger partial charge in [-0.25, -0.2) is 14.6 Å². The molecule has 0 saturated carbocycles. The van der Waals surface area contributed by atoms with E-state index >= 15 is 0 Å². The first kappa shape index (κ1) is 20.4. The molecule has 0 unspecified atom stereocenters. The van der Waals surface area contributed by atoms with Gasteiger partial charge in [0, 0.05) is 10.8 Å². The fourth-order valence-electron chi connectivity index (χ4n) is 4.83. The van der Waals surface area contributed by atoms with Crippen LogP contribution in [-0.4, -0.2) is 4.98 Å². The van der Waals surface area contributed by atoms with Crippen LogP contribution < -0.4 is 11.3 Å². The van der Waals surface area contributed by atoms with Crippen LogP contribution in [0.4, 0.5) is 0 Å². The molecule has 4 aromatic carbocycles. The third kappa shape index (κ3) is 3.14. The van der Waals surface area contributed by atoms with E-state index in [4.69, 9.17) is 8.83 Å². The molecule has 3 heterocycles. The number of hydrogen-bond acceptors (Lipinski definition) is 5. The normalized spacial score (nSPS) is 11.6. The molecule has 7 rings (SSSR count). The monoisotopic (exact) mass is 467 g/mol. The van der Waals surface area contributed by atoms with Crippen LogP contribution in [0.2, 0.25) is 0 Å². The summed E-state index contributed by atoms with van der Waals surface area (Å²) in [6, 6.07) is 32.2. The van der Waals surface area contributed by atoms with Crippen LogP contribution in [0.25, 0.3) is 66.0 Å². The molecule has 3 aromatic heterocycles. The fourth-order valence-corrected chi connectivity index (χ4v) is 4.83. The molecule has 5 heteroatoms. The van der Waals surface area contributed by atoms with Crippen LogP contribution in [0.5, 0.6) is 0 Å². The number of benzene rings is 4. The highest BCUT2D eigenvalue weighted by Crippen LogP contribution is 2.30. The third-order valence-electron chi connectivity index (χ3n) is 6.58. The highest BCUT2D eigenvalue weighted by Gasteiger charge is 2.15. The van der Waals surface area contributed by atoms with E-state index in [1.807, 2.05) is 72.8 Å². The second kappa shape index (κ2) is 7.75. The maximum absolute atomic E-state index is 12.9. The van der Waals surface area contributed by atoms with Gasteiger partial charge >= 0.3 is 11.3 Å². The van der Waals surface area contributed by atoms with E-state index < -0.39 is 11.3 Å². The second-order valence-corrected chi connectivity index (χ2v) is 8.70. The van der Waals surface area contributed by atoms with Gasteiger partial charge in [0.25, 0.3) is 0 Å². The summed E-state index contributed by atoms with van der Waals surface area (Å²) in [6.45, 7) is 0. The van der Waals surface area contributed by atoms with Gasteiger partial charge in [-0.2, -0.15) is 0 Å². The van der Waals surface area contributed by atoms with Crippen LogP contribution in [-0.2, 0) is 0 Å². The first-order chi connectivity index (χ1) is 17.7.